The number of nitrogens with zero attached hydrogens (tertiary/aromatic N) is 1. The van der Waals surface area contributed by atoms with E-state index in [-0.39, 0.29) is 35.5 Å². The van der Waals surface area contributed by atoms with E-state index < -0.39 is 12.5 Å². The molecule has 148 valence electrons. The second-order valence-corrected chi connectivity index (χ2v) is 6.23. The van der Waals surface area contributed by atoms with Crippen LogP contribution in [0.3, 0.4) is 0 Å². The van der Waals surface area contributed by atoms with Crippen molar-refractivity contribution in [3.05, 3.63) is 47.7 Å². The highest BCUT2D eigenvalue weighted by Crippen LogP contribution is 2.30. The van der Waals surface area contributed by atoms with Gasteiger partial charge in [0.25, 0.3) is 5.91 Å². The number of carbonyl (C=O) groups excluding carboxylic acids is 2. The van der Waals surface area contributed by atoms with Gasteiger partial charge in [0.1, 0.15) is 17.3 Å². The Morgan fingerprint density at radius 2 is 2.04 bits per heavy atom. The number of benzene rings is 1. The Hall–Kier alpha value is -3.23. The fourth-order valence-corrected chi connectivity index (χ4v) is 2.52. The van der Waals surface area contributed by atoms with Gasteiger partial charge in [0.05, 0.1) is 7.11 Å². The van der Waals surface area contributed by atoms with Crippen LogP contribution in [0.15, 0.2) is 36.5 Å². The first-order valence-corrected chi connectivity index (χ1v) is 8.63. The highest BCUT2D eigenvalue weighted by atomic mass is 19.3. The number of anilines is 1. The maximum Gasteiger partial charge on any atom is 0.387 e. The second-order valence-electron chi connectivity index (χ2n) is 6.23. The number of ether oxygens (including phenoxy) is 2. The maximum absolute atomic E-state index is 12.6. The molecule has 0 unspecified atom stereocenters. The van der Waals surface area contributed by atoms with Crippen molar-refractivity contribution in [3.8, 4) is 11.5 Å². The summed E-state index contributed by atoms with van der Waals surface area (Å²) in [4.78, 5) is 28.3. The first-order chi connectivity index (χ1) is 13.5. The molecule has 2 N–H and O–H groups in total. The smallest absolute Gasteiger partial charge is 0.387 e. The normalized spacial score (nSPS) is 13.1. The van der Waals surface area contributed by atoms with Gasteiger partial charge in [-0.05, 0) is 43.2 Å². The van der Waals surface area contributed by atoms with Gasteiger partial charge >= 0.3 is 6.61 Å². The molecule has 7 nitrogen and oxygen atoms in total. The lowest BCUT2D eigenvalue weighted by molar-refractivity contribution is -0.117. The Labute approximate surface area is 160 Å². The molecule has 9 heteroatoms. The predicted octanol–water partition coefficient (Wildman–Crippen LogP) is 2.97. The molecule has 0 saturated heterocycles. The number of pyridine rings is 1. The number of carbonyl (C=O) groups is 2. The number of amides is 2. The monoisotopic (exact) mass is 391 g/mol. The van der Waals surface area contributed by atoms with Crippen molar-refractivity contribution in [2.75, 3.05) is 12.4 Å². The van der Waals surface area contributed by atoms with E-state index in [2.05, 4.69) is 20.4 Å². The third-order valence-corrected chi connectivity index (χ3v) is 4.14. The van der Waals surface area contributed by atoms with Gasteiger partial charge in [-0.1, -0.05) is 0 Å². The number of alkyl halides is 2. The van der Waals surface area contributed by atoms with Crippen LogP contribution in [0.25, 0.3) is 0 Å². The highest BCUT2D eigenvalue weighted by molar-refractivity contribution is 5.97. The standard InChI is InChI=1S/C19H19F2N3O4/c1-27-14-4-5-15(28-19(20)21)13(8-14)10-23-17(25)12-6-7-22-16(9-12)24-18(26)11-2-3-11/h4-9,11,19H,2-3,10H2,1H3,(H,23,25)(H,22,24,26). The van der Waals surface area contributed by atoms with Crippen LogP contribution < -0.4 is 20.1 Å². The molecule has 28 heavy (non-hydrogen) atoms. The lowest BCUT2D eigenvalue weighted by Gasteiger charge is -2.13. The molecule has 1 saturated carbocycles. The number of aromatic nitrogens is 1. The SMILES string of the molecule is COc1ccc(OC(F)F)c(CNC(=O)c2ccnc(NC(=O)C3CC3)c2)c1. The predicted molar refractivity (Wildman–Crippen MR) is 96.4 cm³/mol. The largest absolute Gasteiger partial charge is 0.497 e. The summed E-state index contributed by atoms with van der Waals surface area (Å²) in [5.41, 5.74) is 0.615. The van der Waals surface area contributed by atoms with Gasteiger partial charge in [0.2, 0.25) is 5.91 Å². The van der Waals surface area contributed by atoms with Crippen LogP contribution in [-0.4, -0.2) is 30.5 Å². The van der Waals surface area contributed by atoms with Crippen molar-refractivity contribution in [3.63, 3.8) is 0 Å². The van der Waals surface area contributed by atoms with Gasteiger partial charge in [0.15, 0.2) is 0 Å². The molecular weight excluding hydrogens is 372 g/mol. The first kappa shape index (κ1) is 19.5. The van der Waals surface area contributed by atoms with E-state index >= 15 is 0 Å². The lowest BCUT2D eigenvalue weighted by atomic mass is 10.1. The Bertz CT molecular complexity index is 872. The van der Waals surface area contributed by atoms with E-state index in [1.165, 1.54) is 43.6 Å². The summed E-state index contributed by atoms with van der Waals surface area (Å²) in [5.74, 6) is 0.127. The van der Waals surface area contributed by atoms with Crippen molar-refractivity contribution < 1.29 is 27.8 Å². The molecule has 1 aliphatic carbocycles. The van der Waals surface area contributed by atoms with Crippen molar-refractivity contribution >= 4 is 17.6 Å². The molecule has 1 aliphatic rings. The number of rotatable bonds is 8. The summed E-state index contributed by atoms with van der Waals surface area (Å²) in [6.45, 7) is -3.04. The molecule has 1 heterocycles. The summed E-state index contributed by atoms with van der Waals surface area (Å²) in [6.07, 6.45) is 3.12. The van der Waals surface area contributed by atoms with Gasteiger partial charge < -0.3 is 20.1 Å². The molecule has 1 aromatic heterocycles. The molecule has 2 aromatic rings. The van der Waals surface area contributed by atoms with Crippen LogP contribution in [0.5, 0.6) is 11.5 Å². The number of methoxy groups -OCH3 is 1. The number of hydrogen-bond acceptors (Lipinski definition) is 5. The van der Waals surface area contributed by atoms with E-state index in [1.54, 1.807) is 0 Å². The van der Waals surface area contributed by atoms with E-state index in [0.717, 1.165) is 12.8 Å². The van der Waals surface area contributed by atoms with Crippen LogP contribution in [0.2, 0.25) is 0 Å². The molecule has 0 aliphatic heterocycles. The van der Waals surface area contributed by atoms with Crippen molar-refractivity contribution in [1.29, 1.82) is 0 Å². The molecular formula is C19H19F2N3O4. The van der Waals surface area contributed by atoms with Crippen molar-refractivity contribution in [1.82, 2.24) is 10.3 Å². The Kier molecular flexibility index (Phi) is 6.03. The number of halogens is 2. The summed E-state index contributed by atoms with van der Waals surface area (Å²) in [7, 11) is 1.44. The zero-order valence-electron chi connectivity index (χ0n) is 15.1. The molecule has 1 aromatic carbocycles. The average Bonchev–Trinajstić information content (AvgIpc) is 3.52. The zero-order valence-corrected chi connectivity index (χ0v) is 15.1. The summed E-state index contributed by atoms with van der Waals surface area (Å²) >= 11 is 0. The van der Waals surface area contributed by atoms with Gasteiger partial charge in [0, 0.05) is 29.8 Å². The van der Waals surface area contributed by atoms with Crippen LogP contribution >= 0.6 is 0 Å². The zero-order chi connectivity index (χ0) is 20.1. The van der Waals surface area contributed by atoms with E-state index in [4.69, 9.17) is 4.74 Å². The number of hydrogen-bond donors (Lipinski definition) is 2. The van der Waals surface area contributed by atoms with Gasteiger partial charge in [-0.3, -0.25) is 9.59 Å². The van der Waals surface area contributed by atoms with E-state index in [9.17, 15) is 18.4 Å². The van der Waals surface area contributed by atoms with Gasteiger partial charge in [-0.15, -0.1) is 0 Å². The molecule has 3 rings (SSSR count). The van der Waals surface area contributed by atoms with Crippen LogP contribution in [-0.2, 0) is 11.3 Å². The number of nitrogens with one attached hydrogen (secondary N) is 2. The van der Waals surface area contributed by atoms with E-state index in [1.807, 2.05) is 0 Å². The van der Waals surface area contributed by atoms with Crippen molar-refractivity contribution in [2.24, 2.45) is 5.92 Å². The summed E-state index contributed by atoms with van der Waals surface area (Å²) in [6, 6.07) is 7.29. The van der Waals surface area contributed by atoms with Crippen LogP contribution in [0, 0.1) is 5.92 Å². The molecule has 0 spiro atoms. The average molecular weight is 391 g/mol. The minimum Gasteiger partial charge on any atom is -0.497 e. The minimum absolute atomic E-state index is 0.0144. The fourth-order valence-electron chi connectivity index (χ4n) is 2.52. The minimum atomic E-state index is -2.99. The third-order valence-electron chi connectivity index (χ3n) is 4.14. The lowest BCUT2D eigenvalue weighted by Crippen LogP contribution is -2.24. The topological polar surface area (TPSA) is 89.6 Å². The molecule has 0 radical (unpaired) electrons. The fraction of sp³-hybridized carbons (Fsp3) is 0.316. The maximum atomic E-state index is 12.6. The van der Waals surface area contributed by atoms with Crippen molar-refractivity contribution in [2.45, 2.75) is 26.0 Å². The molecule has 1 fully saturated rings. The Morgan fingerprint density at radius 3 is 2.71 bits per heavy atom. The highest BCUT2D eigenvalue weighted by Gasteiger charge is 2.29. The van der Waals surface area contributed by atoms with E-state index in [0.29, 0.717) is 11.3 Å². The summed E-state index contributed by atoms with van der Waals surface area (Å²) in [5, 5.41) is 5.30. The quantitative estimate of drug-likeness (QED) is 0.722. The van der Waals surface area contributed by atoms with Gasteiger partial charge in [-0.25, -0.2) is 4.98 Å². The molecule has 0 atom stereocenters. The molecule has 2 amide bonds. The van der Waals surface area contributed by atoms with Gasteiger partial charge in [-0.2, -0.15) is 8.78 Å². The Morgan fingerprint density at radius 1 is 1.25 bits per heavy atom. The van der Waals surface area contributed by atoms with Crippen LogP contribution in [0.4, 0.5) is 14.6 Å². The second kappa shape index (κ2) is 8.64. The first-order valence-electron chi connectivity index (χ1n) is 8.63. The summed E-state index contributed by atoms with van der Waals surface area (Å²) < 4.78 is 34.7. The molecule has 0 bridgehead atoms. The Balaban J connectivity index is 1.67. The van der Waals surface area contributed by atoms with Crippen LogP contribution in [0.1, 0.15) is 28.8 Å². The third kappa shape index (κ3) is 5.15.